The molecule has 2 aromatic rings. The maximum absolute atomic E-state index is 12.1. The molecule has 0 aromatic heterocycles. The zero-order valence-corrected chi connectivity index (χ0v) is 12.7. The molecule has 2 aromatic carbocycles. The zero-order valence-electron chi connectivity index (χ0n) is 11.1. The van der Waals surface area contributed by atoms with Crippen LogP contribution in [0.4, 0.5) is 17.1 Å². The van der Waals surface area contributed by atoms with Crippen molar-refractivity contribution in [3.63, 3.8) is 0 Å². The van der Waals surface area contributed by atoms with Gasteiger partial charge < -0.3 is 11.1 Å². The number of benzene rings is 2. The maximum Gasteiger partial charge on any atom is 0.292 e. The average Bonchev–Trinajstić information content (AvgIpc) is 2.43. The summed E-state index contributed by atoms with van der Waals surface area (Å²) < 4.78 is 0.864. The first kappa shape index (κ1) is 15.0. The first-order chi connectivity index (χ1) is 9.88. The van der Waals surface area contributed by atoms with Crippen molar-refractivity contribution in [1.82, 2.24) is 0 Å². The molecular weight excluding hydrogens is 338 g/mol. The third-order valence-corrected chi connectivity index (χ3v) is 3.77. The number of nitrogens with two attached hydrogens (primary N) is 1. The van der Waals surface area contributed by atoms with E-state index in [2.05, 4.69) is 21.2 Å². The van der Waals surface area contributed by atoms with Crippen LogP contribution in [0, 0.1) is 17.0 Å². The summed E-state index contributed by atoms with van der Waals surface area (Å²) in [6, 6.07) is 9.32. The Hall–Kier alpha value is -2.41. The fourth-order valence-corrected chi connectivity index (χ4v) is 2.10. The molecule has 0 atom stereocenters. The Morgan fingerprint density at radius 2 is 2.00 bits per heavy atom. The molecule has 0 radical (unpaired) electrons. The number of nitrogens with one attached hydrogen (secondary N) is 1. The van der Waals surface area contributed by atoms with E-state index in [1.807, 2.05) is 13.0 Å². The van der Waals surface area contributed by atoms with Gasteiger partial charge in [-0.2, -0.15) is 0 Å². The lowest BCUT2D eigenvalue weighted by Gasteiger charge is -2.07. The second kappa shape index (κ2) is 5.92. The van der Waals surface area contributed by atoms with Gasteiger partial charge >= 0.3 is 0 Å². The molecule has 0 aliphatic carbocycles. The number of amides is 1. The SMILES string of the molecule is Cc1ccc(NC(=O)c2ccc(N)c([N+](=O)[O-])c2)cc1Br. The molecule has 0 unspecified atom stereocenters. The number of aryl methyl sites for hydroxylation is 1. The summed E-state index contributed by atoms with van der Waals surface area (Å²) in [5, 5.41) is 13.5. The van der Waals surface area contributed by atoms with Gasteiger partial charge in [-0.15, -0.1) is 0 Å². The van der Waals surface area contributed by atoms with Gasteiger partial charge in [-0.3, -0.25) is 14.9 Å². The van der Waals surface area contributed by atoms with Crippen LogP contribution < -0.4 is 11.1 Å². The fraction of sp³-hybridized carbons (Fsp3) is 0.0714. The molecule has 0 saturated carbocycles. The van der Waals surface area contributed by atoms with E-state index in [1.165, 1.54) is 12.1 Å². The van der Waals surface area contributed by atoms with Crippen molar-refractivity contribution in [2.24, 2.45) is 0 Å². The Kier molecular flexibility index (Phi) is 4.23. The Bertz CT molecular complexity index is 731. The Morgan fingerprint density at radius 1 is 1.29 bits per heavy atom. The highest BCUT2D eigenvalue weighted by atomic mass is 79.9. The van der Waals surface area contributed by atoms with Crippen LogP contribution in [0.5, 0.6) is 0 Å². The molecule has 108 valence electrons. The van der Waals surface area contributed by atoms with Crippen LogP contribution in [0.25, 0.3) is 0 Å². The van der Waals surface area contributed by atoms with Crippen LogP contribution in [-0.2, 0) is 0 Å². The van der Waals surface area contributed by atoms with E-state index in [1.54, 1.807) is 12.1 Å². The predicted molar refractivity (Wildman–Crippen MR) is 84.3 cm³/mol. The first-order valence-electron chi connectivity index (χ1n) is 6.00. The molecule has 0 aliphatic heterocycles. The van der Waals surface area contributed by atoms with Crippen LogP contribution in [-0.4, -0.2) is 10.8 Å². The van der Waals surface area contributed by atoms with E-state index in [4.69, 9.17) is 5.73 Å². The normalized spacial score (nSPS) is 10.2. The number of nitro benzene ring substituents is 1. The van der Waals surface area contributed by atoms with Gasteiger partial charge in [-0.05, 0) is 36.8 Å². The van der Waals surface area contributed by atoms with Crippen molar-refractivity contribution < 1.29 is 9.72 Å². The van der Waals surface area contributed by atoms with Crippen molar-refractivity contribution in [3.8, 4) is 0 Å². The van der Waals surface area contributed by atoms with Gasteiger partial charge in [0.2, 0.25) is 0 Å². The largest absolute Gasteiger partial charge is 0.393 e. The lowest BCUT2D eigenvalue weighted by molar-refractivity contribution is -0.383. The Morgan fingerprint density at radius 3 is 2.62 bits per heavy atom. The van der Waals surface area contributed by atoms with E-state index in [0.29, 0.717) is 5.69 Å². The van der Waals surface area contributed by atoms with Gasteiger partial charge in [0.05, 0.1) is 4.92 Å². The smallest absolute Gasteiger partial charge is 0.292 e. The first-order valence-corrected chi connectivity index (χ1v) is 6.79. The van der Waals surface area contributed by atoms with Crippen LogP contribution >= 0.6 is 15.9 Å². The van der Waals surface area contributed by atoms with Crippen LogP contribution in [0.15, 0.2) is 40.9 Å². The van der Waals surface area contributed by atoms with E-state index in [0.717, 1.165) is 16.1 Å². The quantitative estimate of drug-likeness (QED) is 0.503. The zero-order chi connectivity index (χ0) is 15.6. The summed E-state index contributed by atoms with van der Waals surface area (Å²) in [7, 11) is 0. The Labute approximate surface area is 129 Å². The number of rotatable bonds is 3. The van der Waals surface area contributed by atoms with Gasteiger partial charge in [0.15, 0.2) is 0 Å². The van der Waals surface area contributed by atoms with E-state index in [-0.39, 0.29) is 16.9 Å². The van der Waals surface area contributed by atoms with E-state index < -0.39 is 10.8 Å². The summed E-state index contributed by atoms with van der Waals surface area (Å²) in [6.07, 6.45) is 0. The number of nitrogen functional groups attached to an aromatic ring is 1. The van der Waals surface area contributed by atoms with Crippen molar-refractivity contribution >= 4 is 38.9 Å². The molecule has 1 amide bonds. The highest BCUT2D eigenvalue weighted by Gasteiger charge is 2.15. The van der Waals surface area contributed by atoms with Gasteiger partial charge in [0, 0.05) is 21.8 Å². The molecule has 0 fully saturated rings. The van der Waals surface area contributed by atoms with Crippen molar-refractivity contribution in [3.05, 3.63) is 62.1 Å². The molecule has 0 saturated heterocycles. The number of anilines is 2. The third kappa shape index (κ3) is 3.38. The number of nitro groups is 1. The van der Waals surface area contributed by atoms with Gasteiger partial charge in [-0.1, -0.05) is 22.0 Å². The van der Waals surface area contributed by atoms with Crippen molar-refractivity contribution in [2.45, 2.75) is 6.92 Å². The third-order valence-electron chi connectivity index (χ3n) is 2.92. The van der Waals surface area contributed by atoms with Crippen molar-refractivity contribution in [1.29, 1.82) is 0 Å². The number of hydrogen-bond acceptors (Lipinski definition) is 4. The second-order valence-electron chi connectivity index (χ2n) is 4.45. The highest BCUT2D eigenvalue weighted by Crippen LogP contribution is 2.24. The summed E-state index contributed by atoms with van der Waals surface area (Å²) in [5.74, 6) is -0.436. The summed E-state index contributed by atoms with van der Waals surface area (Å²) >= 11 is 3.38. The standard InChI is InChI=1S/C14H12BrN3O3/c1-8-2-4-10(7-11(8)15)17-14(19)9-3-5-12(16)13(6-9)18(20)21/h2-7H,16H2,1H3,(H,17,19). The molecule has 0 heterocycles. The van der Waals surface area contributed by atoms with E-state index in [9.17, 15) is 14.9 Å². The molecular formula is C14H12BrN3O3. The van der Waals surface area contributed by atoms with E-state index >= 15 is 0 Å². The molecule has 6 nitrogen and oxygen atoms in total. The molecule has 0 spiro atoms. The number of nitrogens with zero attached hydrogens (tertiary/aromatic N) is 1. The number of carbonyl (C=O) groups is 1. The van der Waals surface area contributed by atoms with Crippen LogP contribution in [0.3, 0.4) is 0 Å². The minimum atomic E-state index is -0.616. The van der Waals surface area contributed by atoms with Gasteiger partial charge in [-0.25, -0.2) is 0 Å². The Balaban J connectivity index is 2.26. The minimum Gasteiger partial charge on any atom is -0.393 e. The van der Waals surface area contributed by atoms with Crippen molar-refractivity contribution in [2.75, 3.05) is 11.1 Å². The number of halogens is 1. The molecule has 3 N–H and O–H groups in total. The number of hydrogen-bond donors (Lipinski definition) is 2. The monoisotopic (exact) mass is 349 g/mol. The molecule has 0 bridgehead atoms. The molecule has 7 heteroatoms. The number of carbonyl (C=O) groups excluding carboxylic acids is 1. The van der Waals surface area contributed by atoms with Gasteiger partial charge in [0.25, 0.3) is 11.6 Å². The summed E-state index contributed by atoms with van der Waals surface area (Å²) in [4.78, 5) is 22.3. The van der Waals surface area contributed by atoms with Crippen LogP contribution in [0.1, 0.15) is 15.9 Å². The lowest BCUT2D eigenvalue weighted by Crippen LogP contribution is -2.12. The average molecular weight is 350 g/mol. The van der Waals surface area contributed by atoms with Gasteiger partial charge in [0.1, 0.15) is 5.69 Å². The highest BCUT2D eigenvalue weighted by molar-refractivity contribution is 9.10. The molecule has 21 heavy (non-hydrogen) atoms. The fourth-order valence-electron chi connectivity index (χ4n) is 1.72. The predicted octanol–water partition coefficient (Wildman–Crippen LogP) is 3.50. The molecule has 0 aliphatic rings. The van der Waals surface area contributed by atoms with Crippen LogP contribution in [0.2, 0.25) is 0 Å². The second-order valence-corrected chi connectivity index (χ2v) is 5.30. The summed E-state index contributed by atoms with van der Waals surface area (Å²) in [5.41, 5.74) is 7.04. The maximum atomic E-state index is 12.1. The lowest BCUT2D eigenvalue weighted by atomic mass is 10.1. The minimum absolute atomic E-state index is 0.0228. The summed E-state index contributed by atoms with van der Waals surface area (Å²) in [6.45, 7) is 1.93. The topological polar surface area (TPSA) is 98.3 Å². The molecule has 2 rings (SSSR count).